The summed E-state index contributed by atoms with van der Waals surface area (Å²) in [4.78, 5) is 26.6. The minimum absolute atomic E-state index is 0.0558. The van der Waals surface area contributed by atoms with E-state index < -0.39 is 0 Å². The van der Waals surface area contributed by atoms with Crippen molar-refractivity contribution in [3.8, 4) is 0 Å². The zero-order valence-corrected chi connectivity index (χ0v) is 15.8. The van der Waals surface area contributed by atoms with Crippen LogP contribution in [0.15, 0.2) is 49.6 Å². The van der Waals surface area contributed by atoms with E-state index in [1.165, 1.54) is 12.8 Å². The molecular weight excluding hydrogens is 338 g/mol. The van der Waals surface area contributed by atoms with Gasteiger partial charge in [0, 0.05) is 42.8 Å². The van der Waals surface area contributed by atoms with E-state index in [0.29, 0.717) is 43.1 Å². The third kappa shape index (κ3) is 5.07. The molecule has 2 fully saturated rings. The van der Waals surface area contributed by atoms with Gasteiger partial charge in [0.1, 0.15) is 0 Å². The number of nitrogens with one attached hydrogen (secondary N) is 2. The monoisotopic (exact) mass is 367 g/mol. The summed E-state index contributed by atoms with van der Waals surface area (Å²) >= 11 is 0. The molecule has 5 nitrogen and oxygen atoms in total. The maximum atomic E-state index is 12.5. The SMILES string of the molecule is C=CCN(CC=C)C(=O)c1ccc(NC(=O)CC2CC3CCC(C2)N3)cc1. The number of hydrogen-bond acceptors (Lipinski definition) is 3. The van der Waals surface area contributed by atoms with Gasteiger partial charge in [0.25, 0.3) is 5.91 Å². The van der Waals surface area contributed by atoms with Crippen LogP contribution in [0.25, 0.3) is 0 Å². The average Bonchev–Trinajstić information content (AvgIpc) is 3.00. The number of hydrogen-bond donors (Lipinski definition) is 2. The fourth-order valence-corrected chi connectivity index (χ4v) is 4.25. The van der Waals surface area contributed by atoms with Crippen LogP contribution in [0.2, 0.25) is 0 Å². The standard InChI is InChI=1S/C22H29N3O2/c1-3-11-25(12-4-2)22(27)17-5-7-18(8-6-17)24-21(26)15-16-13-19-9-10-20(14-16)23-19/h3-8,16,19-20,23H,1-2,9-15H2,(H,24,26). The second-order valence-corrected chi connectivity index (χ2v) is 7.59. The highest BCUT2D eigenvalue weighted by Gasteiger charge is 2.34. The van der Waals surface area contributed by atoms with Crippen LogP contribution in [0, 0.1) is 5.92 Å². The summed E-state index contributed by atoms with van der Waals surface area (Å²) in [6.07, 6.45) is 8.65. The Morgan fingerprint density at radius 3 is 2.22 bits per heavy atom. The molecule has 2 heterocycles. The lowest BCUT2D eigenvalue weighted by atomic mass is 9.89. The lowest BCUT2D eigenvalue weighted by Crippen LogP contribution is -2.39. The zero-order chi connectivity index (χ0) is 19.2. The quantitative estimate of drug-likeness (QED) is 0.693. The fourth-order valence-electron chi connectivity index (χ4n) is 4.25. The molecule has 0 aromatic heterocycles. The number of nitrogens with zero attached hydrogens (tertiary/aromatic N) is 1. The first-order valence-electron chi connectivity index (χ1n) is 9.76. The molecule has 0 radical (unpaired) electrons. The molecule has 144 valence electrons. The Morgan fingerprint density at radius 1 is 1.07 bits per heavy atom. The Kier molecular flexibility index (Phi) is 6.45. The molecule has 0 saturated carbocycles. The smallest absolute Gasteiger partial charge is 0.254 e. The molecule has 2 aliphatic heterocycles. The molecule has 27 heavy (non-hydrogen) atoms. The van der Waals surface area contributed by atoms with Gasteiger partial charge >= 0.3 is 0 Å². The van der Waals surface area contributed by atoms with Crippen molar-refractivity contribution in [2.24, 2.45) is 5.92 Å². The molecule has 2 N–H and O–H groups in total. The van der Waals surface area contributed by atoms with Crippen LogP contribution in [0.1, 0.15) is 42.5 Å². The third-order valence-electron chi connectivity index (χ3n) is 5.45. The van der Waals surface area contributed by atoms with E-state index in [1.807, 2.05) is 0 Å². The molecule has 2 amide bonds. The Hall–Kier alpha value is -2.40. The normalized spacial score (nSPS) is 23.5. The third-order valence-corrected chi connectivity index (χ3v) is 5.45. The van der Waals surface area contributed by atoms with E-state index in [1.54, 1.807) is 41.3 Å². The number of amides is 2. The lowest BCUT2D eigenvalue weighted by molar-refractivity contribution is -0.117. The molecule has 2 bridgehead atoms. The topological polar surface area (TPSA) is 61.4 Å². The minimum atomic E-state index is -0.0714. The molecular formula is C22H29N3O2. The molecule has 1 aromatic rings. The van der Waals surface area contributed by atoms with Gasteiger partial charge < -0.3 is 15.5 Å². The molecule has 1 aromatic carbocycles. The summed E-state index contributed by atoms with van der Waals surface area (Å²) < 4.78 is 0. The summed E-state index contributed by atoms with van der Waals surface area (Å²) in [6, 6.07) is 8.28. The summed E-state index contributed by atoms with van der Waals surface area (Å²) in [7, 11) is 0. The van der Waals surface area contributed by atoms with E-state index >= 15 is 0 Å². The van der Waals surface area contributed by atoms with Gasteiger partial charge in [0.15, 0.2) is 0 Å². The number of benzene rings is 1. The Balaban J connectivity index is 1.53. The van der Waals surface area contributed by atoms with Gasteiger partial charge in [0.05, 0.1) is 0 Å². The number of carbonyl (C=O) groups excluding carboxylic acids is 2. The van der Waals surface area contributed by atoms with Gasteiger partial charge in [-0.1, -0.05) is 12.2 Å². The summed E-state index contributed by atoms with van der Waals surface area (Å²) in [6.45, 7) is 8.32. The molecule has 2 unspecified atom stereocenters. The van der Waals surface area contributed by atoms with Crippen LogP contribution in [0.5, 0.6) is 0 Å². The molecule has 3 rings (SSSR count). The molecule has 2 aliphatic rings. The second kappa shape index (κ2) is 9.00. The Morgan fingerprint density at radius 2 is 1.67 bits per heavy atom. The Bertz CT molecular complexity index is 676. The van der Waals surface area contributed by atoms with Crippen molar-refractivity contribution in [3.05, 3.63) is 55.1 Å². The highest BCUT2D eigenvalue weighted by Crippen LogP contribution is 2.32. The summed E-state index contributed by atoms with van der Waals surface area (Å²) in [5.41, 5.74) is 1.32. The van der Waals surface area contributed by atoms with Crippen LogP contribution < -0.4 is 10.6 Å². The van der Waals surface area contributed by atoms with Gasteiger partial charge in [-0.05, 0) is 55.9 Å². The van der Waals surface area contributed by atoms with E-state index in [2.05, 4.69) is 23.8 Å². The Labute approximate surface area is 161 Å². The van der Waals surface area contributed by atoms with Crippen molar-refractivity contribution < 1.29 is 9.59 Å². The van der Waals surface area contributed by atoms with Crippen LogP contribution >= 0.6 is 0 Å². The van der Waals surface area contributed by atoms with Crippen molar-refractivity contribution in [2.75, 3.05) is 18.4 Å². The van der Waals surface area contributed by atoms with E-state index in [4.69, 9.17) is 0 Å². The molecule has 5 heteroatoms. The van der Waals surface area contributed by atoms with Gasteiger partial charge in [0.2, 0.25) is 5.91 Å². The van der Waals surface area contributed by atoms with Crippen LogP contribution in [0.4, 0.5) is 5.69 Å². The van der Waals surface area contributed by atoms with Crippen molar-refractivity contribution in [2.45, 2.75) is 44.2 Å². The minimum Gasteiger partial charge on any atom is -0.331 e. The first kappa shape index (κ1) is 19.4. The van der Waals surface area contributed by atoms with Crippen molar-refractivity contribution >= 4 is 17.5 Å². The maximum absolute atomic E-state index is 12.5. The first-order valence-corrected chi connectivity index (χ1v) is 9.76. The van der Waals surface area contributed by atoms with E-state index in [9.17, 15) is 9.59 Å². The maximum Gasteiger partial charge on any atom is 0.254 e. The van der Waals surface area contributed by atoms with Crippen molar-refractivity contribution in [1.29, 1.82) is 0 Å². The zero-order valence-electron chi connectivity index (χ0n) is 15.8. The van der Waals surface area contributed by atoms with Crippen molar-refractivity contribution in [1.82, 2.24) is 10.2 Å². The fraction of sp³-hybridized carbons (Fsp3) is 0.455. The lowest BCUT2D eigenvalue weighted by Gasteiger charge is -2.28. The number of carbonyl (C=O) groups is 2. The second-order valence-electron chi connectivity index (χ2n) is 7.59. The number of rotatable bonds is 8. The molecule has 0 spiro atoms. The van der Waals surface area contributed by atoms with Crippen LogP contribution in [-0.2, 0) is 4.79 Å². The highest BCUT2D eigenvalue weighted by atomic mass is 16.2. The number of piperidine rings is 1. The van der Waals surface area contributed by atoms with E-state index in [0.717, 1.165) is 18.5 Å². The first-order chi connectivity index (χ1) is 13.1. The largest absolute Gasteiger partial charge is 0.331 e. The molecule has 2 atom stereocenters. The number of fused-ring (bicyclic) bond motifs is 2. The van der Waals surface area contributed by atoms with Crippen LogP contribution in [-0.4, -0.2) is 41.9 Å². The predicted octanol–water partition coefficient (Wildman–Crippen LogP) is 3.36. The van der Waals surface area contributed by atoms with Gasteiger partial charge in [-0.25, -0.2) is 0 Å². The molecule has 0 aliphatic carbocycles. The number of anilines is 1. The average molecular weight is 367 g/mol. The highest BCUT2D eigenvalue weighted by molar-refractivity contribution is 5.96. The summed E-state index contributed by atoms with van der Waals surface area (Å²) in [5, 5.41) is 6.58. The predicted molar refractivity (Wildman–Crippen MR) is 109 cm³/mol. The van der Waals surface area contributed by atoms with Gasteiger partial charge in [-0.3, -0.25) is 9.59 Å². The van der Waals surface area contributed by atoms with Crippen LogP contribution in [0.3, 0.4) is 0 Å². The van der Waals surface area contributed by atoms with Crippen molar-refractivity contribution in [3.63, 3.8) is 0 Å². The summed E-state index contributed by atoms with van der Waals surface area (Å²) in [5.74, 6) is 0.453. The van der Waals surface area contributed by atoms with Gasteiger partial charge in [-0.2, -0.15) is 0 Å². The van der Waals surface area contributed by atoms with E-state index in [-0.39, 0.29) is 11.8 Å². The van der Waals surface area contributed by atoms with Gasteiger partial charge in [-0.15, -0.1) is 13.2 Å². The molecule has 2 saturated heterocycles.